The van der Waals surface area contributed by atoms with Crippen LogP contribution in [-0.2, 0) is 25.7 Å². The summed E-state index contributed by atoms with van der Waals surface area (Å²) < 4.78 is 90.0. The van der Waals surface area contributed by atoms with Crippen molar-refractivity contribution in [1.29, 1.82) is 0 Å². The van der Waals surface area contributed by atoms with Crippen molar-refractivity contribution in [3.05, 3.63) is 42.5 Å². The number of ether oxygens (including phenoxy) is 1. The average Bonchev–Trinajstić information content (AvgIpc) is 3.61. The molecular formula is C27H34F4O4S2. The van der Waals surface area contributed by atoms with Gasteiger partial charge in [0.15, 0.2) is 15.0 Å². The Labute approximate surface area is 219 Å². The van der Waals surface area contributed by atoms with E-state index in [0.717, 1.165) is 6.61 Å². The van der Waals surface area contributed by atoms with Gasteiger partial charge in [0.1, 0.15) is 17.6 Å². The van der Waals surface area contributed by atoms with Crippen molar-refractivity contribution < 1.29 is 35.3 Å². The van der Waals surface area contributed by atoms with Crippen LogP contribution in [0.2, 0.25) is 0 Å². The summed E-state index contributed by atoms with van der Waals surface area (Å²) in [5.41, 5.74) is 0. The highest BCUT2D eigenvalue weighted by Gasteiger charge is 2.68. The van der Waals surface area contributed by atoms with Crippen LogP contribution in [0.15, 0.2) is 47.4 Å². The Morgan fingerprint density at radius 1 is 1.03 bits per heavy atom. The first-order chi connectivity index (χ1) is 17.5. The minimum Gasteiger partial charge on any atom is -0.743 e. The number of alkyl halides is 4. The summed E-state index contributed by atoms with van der Waals surface area (Å²) in [5.74, 6) is -4.58. The molecule has 5 rings (SSSR count). The largest absolute Gasteiger partial charge is 0.743 e. The highest BCUT2D eigenvalue weighted by Crippen LogP contribution is 2.58. The lowest BCUT2D eigenvalue weighted by atomic mass is 9.84. The van der Waals surface area contributed by atoms with E-state index in [1.807, 2.05) is 0 Å². The molecular weight excluding hydrogens is 528 g/mol. The maximum atomic E-state index is 13.5. The lowest BCUT2D eigenvalue weighted by Gasteiger charge is -2.36. The van der Waals surface area contributed by atoms with Crippen molar-refractivity contribution in [2.75, 3.05) is 18.1 Å². The molecule has 2 saturated carbocycles. The molecule has 37 heavy (non-hydrogen) atoms. The van der Waals surface area contributed by atoms with Crippen LogP contribution >= 0.6 is 0 Å². The third-order valence-electron chi connectivity index (χ3n) is 7.89. The molecule has 3 fully saturated rings. The SMILES string of the molecule is CCCCOC1CC[S+](c2cccc3ccccc23)C1.O=S(=O)([O-])C(F)(F)C(F)(F)C1CC2CCC1C2. The van der Waals surface area contributed by atoms with Crippen LogP contribution < -0.4 is 0 Å². The van der Waals surface area contributed by atoms with Gasteiger partial charge in [0.2, 0.25) is 0 Å². The molecule has 0 radical (unpaired) electrons. The van der Waals surface area contributed by atoms with Crippen LogP contribution in [0.3, 0.4) is 0 Å². The van der Waals surface area contributed by atoms with Crippen LogP contribution in [0, 0.1) is 17.8 Å². The normalized spacial score (nSPS) is 27.9. The fraction of sp³-hybridized carbons (Fsp3) is 0.630. The number of fused-ring (bicyclic) bond motifs is 3. The lowest BCUT2D eigenvalue weighted by Crippen LogP contribution is -2.52. The van der Waals surface area contributed by atoms with E-state index in [1.165, 1.54) is 41.5 Å². The highest BCUT2D eigenvalue weighted by atomic mass is 32.2. The molecule has 0 aromatic heterocycles. The molecule has 2 bridgehead atoms. The molecule has 2 aromatic rings. The Bertz CT molecular complexity index is 1170. The van der Waals surface area contributed by atoms with Gasteiger partial charge in [-0.25, -0.2) is 8.42 Å². The van der Waals surface area contributed by atoms with E-state index in [-0.39, 0.29) is 12.3 Å². The second kappa shape index (κ2) is 11.4. The lowest BCUT2D eigenvalue weighted by molar-refractivity contribution is -0.202. The quantitative estimate of drug-likeness (QED) is 0.157. The van der Waals surface area contributed by atoms with Crippen molar-refractivity contribution in [3.8, 4) is 0 Å². The molecule has 1 heterocycles. The van der Waals surface area contributed by atoms with Gasteiger partial charge < -0.3 is 9.29 Å². The molecule has 4 nitrogen and oxygen atoms in total. The smallest absolute Gasteiger partial charge is 0.396 e. The highest BCUT2D eigenvalue weighted by molar-refractivity contribution is 7.97. The van der Waals surface area contributed by atoms with Crippen molar-refractivity contribution in [3.63, 3.8) is 0 Å². The molecule has 10 heteroatoms. The Kier molecular flexibility index (Phi) is 8.83. The van der Waals surface area contributed by atoms with E-state index >= 15 is 0 Å². The van der Waals surface area contributed by atoms with Crippen LogP contribution in [0.1, 0.15) is 51.9 Å². The third-order valence-corrected chi connectivity index (χ3v) is 11.3. The topological polar surface area (TPSA) is 66.4 Å². The van der Waals surface area contributed by atoms with Gasteiger partial charge in [0, 0.05) is 35.2 Å². The van der Waals surface area contributed by atoms with Gasteiger partial charge in [-0.15, -0.1) is 0 Å². The molecule has 1 aliphatic heterocycles. The zero-order valence-electron chi connectivity index (χ0n) is 20.9. The molecule has 1 saturated heterocycles. The molecule has 0 spiro atoms. The van der Waals surface area contributed by atoms with Crippen molar-refractivity contribution in [2.45, 2.75) is 74.0 Å². The monoisotopic (exact) mass is 562 g/mol. The second-order valence-electron chi connectivity index (χ2n) is 10.4. The van der Waals surface area contributed by atoms with Gasteiger partial charge in [0.25, 0.3) is 0 Å². The standard InChI is InChI=1S/C18H23OS.C9H12F4O3S/c1-2-3-12-19-16-11-13-20(14-16)18-10-6-8-15-7-4-5-9-17(15)18;10-8(11,9(12,13)17(14,15)16)7-4-5-1-2-6(7)3-5/h4-10,16H,2-3,11-14H2,1H3;5-7H,1-4H2,(H,14,15,16)/q+1;/p-1. The summed E-state index contributed by atoms with van der Waals surface area (Å²) in [4.78, 5) is 1.55. The van der Waals surface area contributed by atoms with Crippen LogP contribution in [-0.4, -0.2) is 48.4 Å². The van der Waals surface area contributed by atoms with Crippen LogP contribution in [0.5, 0.6) is 0 Å². The summed E-state index contributed by atoms with van der Waals surface area (Å²) in [6.07, 6.45) is 5.56. The van der Waals surface area contributed by atoms with Gasteiger partial charge >= 0.3 is 11.2 Å². The van der Waals surface area contributed by atoms with Gasteiger partial charge in [-0.2, -0.15) is 17.6 Å². The summed E-state index contributed by atoms with van der Waals surface area (Å²) in [7, 11) is -5.97. The minimum absolute atomic E-state index is 0.0407. The molecule has 2 aliphatic carbocycles. The third kappa shape index (κ3) is 5.97. The first-order valence-electron chi connectivity index (χ1n) is 12.9. The number of unbranched alkanes of at least 4 members (excludes halogenated alkanes) is 1. The van der Waals surface area contributed by atoms with Gasteiger partial charge in [-0.3, -0.25) is 0 Å². The maximum absolute atomic E-state index is 13.5. The fourth-order valence-electron chi connectivity index (χ4n) is 5.91. The zero-order chi connectivity index (χ0) is 26.8. The summed E-state index contributed by atoms with van der Waals surface area (Å²) in [6, 6.07) is 15.5. The Balaban J connectivity index is 0.000000176. The molecule has 3 aliphatic rings. The summed E-state index contributed by atoms with van der Waals surface area (Å²) in [5, 5.41) is -2.71. The molecule has 5 unspecified atom stereocenters. The molecule has 0 amide bonds. The van der Waals surface area contributed by atoms with Crippen LogP contribution in [0.4, 0.5) is 17.6 Å². The van der Waals surface area contributed by atoms with Crippen molar-refractivity contribution >= 4 is 31.8 Å². The maximum Gasteiger partial charge on any atom is 0.396 e. The molecule has 0 N–H and O–H groups in total. The average molecular weight is 563 g/mol. The summed E-state index contributed by atoms with van der Waals surface area (Å²) in [6.45, 7) is 3.16. The van der Waals surface area contributed by atoms with E-state index < -0.39 is 33.1 Å². The first-order valence-corrected chi connectivity index (χ1v) is 15.9. The van der Waals surface area contributed by atoms with Gasteiger partial charge in [0.05, 0.1) is 0 Å². The Hall–Kier alpha value is -1.36. The van der Waals surface area contributed by atoms with E-state index in [0.29, 0.717) is 36.3 Å². The predicted octanol–water partition coefficient (Wildman–Crippen LogP) is 6.60. The Morgan fingerprint density at radius 2 is 1.76 bits per heavy atom. The first kappa shape index (κ1) is 28.6. The van der Waals surface area contributed by atoms with E-state index in [4.69, 9.17) is 4.74 Å². The molecule has 2 aromatic carbocycles. The van der Waals surface area contributed by atoms with E-state index in [2.05, 4.69) is 49.4 Å². The van der Waals surface area contributed by atoms with Gasteiger partial charge in [-0.05, 0) is 55.0 Å². The zero-order valence-corrected chi connectivity index (χ0v) is 22.5. The predicted molar refractivity (Wildman–Crippen MR) is 137 cm³/mol. The van der Waals surface area contributed by atoms with Crippen LogP contribution in [0.25, 0.3) is 10.8 Å². The number of hydrogen-bond donors (Lipinski definition) is 0. The molecule has 206 valence electrons. The number of benzene rings is 2. The Morgan fingerprint density at radius 3 is 2.41 bits per heavy atom. The van der Waals surface area contributed by atoms with Crippen molar-refractivity contribution in [1.82, 2.24) is 0 Å². The fourth-order valence-corrected chi connectivity index (χ4v) is 8.99. The number of halogens is 4. The van der Waals surface area contributed by atoms with E-state index in [1.54, 1.807) is 4.90 Å². The van der Waals surface area contributed by atoms with Gasteiger partial charge in [-0.1, -0.05) is 50.1 Å². The van der Waals surface area contributed by atoms with Crippen molar-refractivity contribution in [2.24, 2.45) is 17.8 Å². The number of hydrogen-bond acceptors (Lipinski definition) is 4. The summed E-state index contributed by atoms with van der Waals surface area (Å²) >= 11 is 0. The number of rotatable bonds is 8. The molecule has 5 atom stereocenters. The van der Waals surface area contributed by atoms with E-state index in [9.17, 15) is 30.5 Å². The minimum atomic E-state index is -6.35. The second-order valence-corrected chi connectivity index (χ2v) is 13.9.